The van der Waals surface area contributed by atoms with Gasteiger partial charge in [-0.2, -0.15) is 9.78 Å². The van der Waals surface area contributed by atoms with Crippen LogP contribution in [0.5, 0.6) is 0 Å². The van der Waals surface area contributed by atoms with Gasteiger partial charge in [0.1, 0.15) is 0 Å². The number of hydrogen-bond donors (Lipinski definition) is 1. The van der Waals surface area contributed by atoms with E-state index in [9.17, 15) is 0 Å². The molecule has 2 aromatic heterocycles. The molecule has 0 radical (unpaired) electrons. The van der Waals surface area contributed by atoms with Crippen LogP contribution < -0.4 is 10.2 Å². The largest absolute Gasteiger partial charge is 0.337 e. The van der Waals surface area contributed by atoms with Crippen molar-refractivity contribution in [3.63, 3.8) is 0 Å². The van der Waals surface area contributed by atoms with Crippen molar-refractivity contribution >= 4 is 46.2 Å². The lowest BCUT2D eigenvalue weighted by atomic mass is 9.93. The van der Waals surface area contributed by atoms with Crippen LogP contribution in [0.1, 0.15) is 28.4 Å². The fourth-order valence-electron chi connectivity index (χ4n) is 5.17. The number of aromatic nitrogens is 3. The number of aryl methyl sites for hydroxylation is 2. The highest BCUT2D eigenvalue weighted by atomic mass is 35.5. The van der Waals surface area contributed by atoms with E-state index in [0.29, 0.717) is 22.5 Å². The summed E-state index contributed by atoms with van der Waals surface area (Å²) < 4.78 is 1.82. The molecule has 2 aliphatic rings. The molecule has 0 bridgehead atoms. The number of aliphatic imine (C=N–C) groups is 2. The second kappa shape index (κ2) is 9.22. The zero-order valence-electron chi connectivity index (χ0n) is 21.4. The van der Waals surface area contributed by atoms with Gasteiger partial charge in [-0.1, -0.05) is 59.6 Å². The van der Waals surface area contributed by atoms with Crippen molar-refractivity contribution in [2.45, 2.75) is 19.9 Å². The zero-order chi connectivity index (χ0) is 26.5. The Labute approximate surface area is 231 Å². The first-order valence-electron chi connectivity index (χ1n) is 12.7. The Morgan fingerprint density at radius 2 is 1.59 bits per heavy atom. The fraction of sp³-hybridized carbons (Fsp3) is 0.0968. The van der Waals surface area contributed by atoms with Crippen LogP contribution in [0.4, 0.5) is 22.9 Å². The highest BCUT2D eigenvalue weighted by Crippen LogP contribution is 2.48. The molecule has 0 amide bonds. The van der Waals surface area contributed by atoms with Crippen molar-refractivity contribution in [3.05, 3.63) is 125 Å². The van der Waals surface area contributed by atoms with E-state index in [2.05, 4.69) is 64.6 Å². The molecule has 39 heavy (non-hydrogen) atoms. The molecule has 190 valence electrons. The zero-order valence-corrected chi connectivity index (χ0v) is 22.1. The number of nitrogens with one attached hydrogen (secondary N) is 1. The number of pyridine rings is 1. The van der Waals surface area contributed by atoms with Crippen molar-refractivity contribution in [2.75, 3.05) is 10.2 Å². The van der Waals surface area contributed by atoms with Crippen LogP contribution in [0.2, 0.25) is 5.02 Å². The van der Waals surface area contributed by atoms with Gasteiger partial charge in [0, 0.05) is 22.5 Å². The summed E-state index contributed by atoms with van der Waals surface area (Å²) in [7, 11) is 0. The number of hydrogen-bond acceptors (Lipinski definition) is 6. The number of amidine groups is 2. The Kier molecular flexibility index (Phi) is 5.52. The number of halogens is 1. The summed E-state index contributed by atoms with van der Waals surface area (Å²) in [5.74, 6) is 2.80. The third-order valence-corrected chi connectivity index (χ3v) is 7.26. The topological polar surface area (TPSA) is 70.7 Å². The molecule has 0 fully saturated rings. The van der Waals surface area contributed by atoms with Crippen molar-refractivity contribution in [2.24, 2.45) is 9.98 Å². The summed E-state index contributed by atoms with van der Waals surface area (Å²) >= 11 is 6.32. The maximum atomic E-state index is 6.32. The Morgan fingerprint density at radius 1 is 0.821 bits per heavy atom. The van der Waals surface area contributed by atoms with Gasteiger partial charge in [-0.25, -0.2) is 15.0 Å². The minimum atomic E-state index is -0.214. The number of fused-ring (bicyclic) bond motifs is 4. The maximum absolute atomic E-state index is 6.32. The molecule has 0 unspecified atom stereocenters. The quantitative estimate of drug-likeness (QED) is 0.265. The monoisotopic (exact) mass is 529 g/mol. The molecule has 7 rings (SSSR count). The molecule has 8 heteroatoms. The Hall–Kier alpha value is -4.75. The molecule has 5 aromatic rings. The summed E-state index contributed by atoms with van der Waals surface area (Å²) in [4.78, 5) is 17.1. The first-order chi connectivity index (χ1) is 19.1. The van der Waals surface area contributed by atoms with E-state index in [4.69, 9.17) is 26.7 Å². The Bertz CT molecular complexity index is 1750. The van der Waals surface area contributed by atoms with Gasteiger partial charge in [-0.3, -0.25) is 0 Å². The summed E-state index contributed by atoms with van der Waals surface area (Å²) in [6, 6.07) is 30.0. The molecule has 4 heterocycles. The number of nitrogens with zero attached hydrogens (tertiary/aromatic N) is 6. The molecule has 7 nitrogen and oxygen atoms in total. The second-order valence-corrected chi connectivity index (χ2v) is 10.1. The number of benzene rings is 3. The van der Waals surface area contributed by atoms with Gasteiger partial charge in [-0.15, -0.1) is 0 Å². The molecule has 1 atom stereocenters. The Balaban J connectivity index is 1.49. The van der Waals surface area contributed by atoms with E-state index < -0.39 is 0 Å². The van der Waals surface area contributed by atoms with Crippen molar-refractivity contribution < 1.29 is 0 Å². The van der Waals surface area contributed by atoms with Crippen molar-refractivity contribution in [1.29, 1.82) is 0 Å². The molecule has 2 aliphatic heterocycles. The van der Waals surface area contributed by atoms with E-state index in [-0.39, 0.29) is 6.04 Å². The lowest BCUT2D eigenvalue weighted by Gasteiger charge is -2.40. The van der Waals surface area contributed by atoms with E-state index in [1.807, 2.05) is 60.1 Å². The van der Waals surface area contributed by atoms with Crippen molar-refractivity contribution in [3.8, 4) is 5.82 Å². The van der Waals surface area contributed by atoms with Crippen molar-refractivity contribution in [1.82, 2.24) is 14.8 Å². The third kappa shape index (κ3) is 3.99. The van der Waals surface area contributed by atoms with Gasteiger partial charge >= 0.3 is 0 Å². The van der Waals surface area contributed by atoms with Crippen LogP contribution in [0.25, 0.3) is 5.82 Å². The molecule has 1 N–H and O–H groups in total. The lowest BCUT2D eigenvalue weighted by molar-refractivity contribution is 0.810. The minimum absolute atomic E-state index is 0.214. The van der Waals surface area contributed by atoms with Crippen LogP contribution in [0, 0.1) is 13.8 Å². The van der Waals surface area contributed by atoms with Crippen LogP contribution in [-0.2, 0) is 0 Å². The van der Waals surface area contributed by atoms with Gasteiger partial charge in [-0.05, 0) is 67.9 Å². The predicted molar refractivity (Wildman–Crippen MR) is 157 cm³/mol. The van der Waals surface area contributed by atoms with E-state index in [0.717, 1.165) is 39.7 Å². The normalized spacial score (nSPS) is 15.6. The second-order valence-electron chi connectivity index (χ2n) is 9.62. The van der Waals surface area contributed by atoms with Crippen LogP contribution >= 0.6 is 11.6 Å². The third-order valence-electron chi connectivity index (χ3n) is 7.00. The summed E-state index contributed by atoms with van der Waals surface area (Å²) in [5.41, 5.74) is 6.93. The molecule has 3 aromatic carbocycles. The number of para-hydroxylation sites is 2. The molecule has 0 spiro atoms. The van der Waals surface area contributed by atoms with Crippen LogP contribution in [0.3, 0.4) is 0 Å². The maximum Gasteiger partial charge on any atom is 0.179 e. The molecule has 0 aliphatic carbocycles. The fourth-order valence-corrected chi connectivity index (χ4v) is 5.30. The first kappa shape index (κ1) is 23.4. The van der Waals surface area contributed by atoms with E-state index in [1.54, 1.807) is 6.20 Å². The van der Waals surface area contributed by atoms with Gasteiger partial charge in [0.25, 0.3) is 0 Å². The number of anilines is 2. The SMILES string of the molecule is Cc1ccc(NC2=Nc3ccccc3N3C2=Nc2c(c(C)nn2-c2ccccn2)[C@@H]3c2ccc(Cl)cc2)cc1. The van der Waals surface area contributed by atoms with Gasteiger partial charge in [0.2, 0.25) is 0 Å². The standard InChI is InChI=1S/C31H24ClN7/c1-19-10-16-23(17-11-19)34-29-31-36-30-27(20(2)37-39(30)26-9-5-6-18-33-26)28(21-12-14-22(32)15-13-21)38(31)25-8-4-3-7-24(25)35-29/h3-18,28H,1-2H3,(H,34,35)/t28-/m0/s1. The highest BCUT2D eigenvalue weighted by molar-refractivity contribution is 6.51. The first-order valence-corrected chi connectivity index (χ1v) is 13.1. The molecular formula is C31H24ClN7. The molecular weight excluding hydrogens is 506 g/mol. The van der Waals surface area contributed by atoms with Crippen LogP contribution in [0.15, 0.2) is 107 Å². The lowest BCUT2D eigenvalue weighted by Crippen LogP contribution is -2.46. The summed E-state index contributed by atoms with van der Waals surface area (Å²) in [5, 5.41) is 9.15. The summed E-state index contributed by atoms with van der Waals surface area (Å²) in [6.45, 7) is 4.10. The van der Waals surface area contributed by atoms with E-state index in [1.165, 1.54) is 5.56 Å². The predicted octanol–water partition coefficient (Wildman–Crippen LogP) is 7.33. The smallest absolute Gasteiger partial charge is 0.179 e. The highest BCUT2D eigenvalue weighted by Gasteiger charge is 2.41. The van der Waals surface area contributed by atoms with Crippen LogP contribution in [-0.4, -0.2) is 26.4 Å². The average molecular weight is 530 g/mol. The Morgan fingerprint density at radius 3 is 2.36 bits per heavy atom. The van der Waals surface area contributed by atoms with E-state index >= 15 is 0 Å². The summed E-state index contributed by atoms with van der Waals surface area (Å²) in [6.07, 6.45) is 1.76. The van der Waals surface area contributed by atoms with Gasteiger partial charge < -0.3 is 10.2 Å². The molecule has 0 saturated carbocycles. The molecule has 0 saturated heterocycles. The van der Waals surface area contributed by atoms with Gasteiger partial charge in [0.05, 0.1) is 23.1 Å². The van der Waals surface area contributed by atoms with Gasteiger partial charge in [0.15, 0.2) is 23.3 Å². The average Bonchev–Trinajstić information content (AvgIpc) is 3.30. The number of rotatable bonds is 3. The minimum Gasteiger partial charge on any atom is -0.337 e.